The molecule has 1 saturated heterocycles. The maximum absolute atomic E-state index is 12.1. The van der Waals surface area contributed by atoms with Crippen molar-refractivity contribution in [3.8, 4) is 0 Å². The van der Waals surface area contributed by atoms with E-state index < -0.39 is 11.6 Å². The monoisotopic (exact) mass is 314 g/mol. The maximum Gasteiger partial charge on any atom is 0.322 e. The summed E-state index contributed by atoms with van der Waals surface area (Å²) < 4.78 is 5.67. The SMILES string of the molecule is Cc1ccc2oc(NCC3CCCC34NC(=O)NC4=O)nc2c1. The van der Waals surface area contributed by atoms with Crippen molar-refractivity contribution >= 4 is 29.1 Å². The van der Waals surface area contributed by atoms with Crippen LogP contribution in [0, 0.1) is 12.8 Å². The first-order valence-electron chi connectivity index (χ1n) is 7.81. The summed E-state index contributed by atoms with van der Waals surface area (Å²) in [6.07, 6.45) is 2.45. The Labute approximate surface area is 132 Å². The molecule has 1 spiro atoms. The van der Waals surface area contributed by atoms with Gasteiger partial charge in [-0.2, -0.15) is 4.98 Å². The average molecular weight is 314 g/mol. The summed E-state index contributed by atoms with van der Waals surface area (Å²) in [5.41, 5.74) is 1.87. The normalized spacial score (nSPS) is 26.7. The number of anilines is 1. The van der Waals surface area contributed by atoms with E-state index in [-0.39, 0.29) is 11.8 Å². The minimum absolute atomic E-state index is 0.0192. The number of hydrogen-bond donors (Lipinski definition) is 3. The van der Waals surface area contributed by atoms with E-state index in [1.54, 1.807) is 0 Å². The Morgan fingerprint density at radius 3 is 3.09 bits per heavy atom. The third-order valence-corrected chi connectivity index (χ3v) is 4.83. The van der Waals surface area contributed by atoms with Gasteiger partial charge >= 0.3 is 6.03 Å². The third-order valence-electron chi connectivity index (χ3n) is 4.83. The molecule has 23 heavy (non-hydrogen) atoms. The van der Waals surface area contributed by atoms with Crippen molar-refractivity contribution in [1.82, 2.24) is 15.6 Å². The molecule has 4 rings (SSSR count). The van der Waals surface area contributed by atoms with Crippen molar-refractivity contribution in [3.05, 3.63) is 23.8 Å². The number of carbonyl (C=O) groups excluding carboxylic acids is 2. The topological polar surface area (TPSA) is 96.3 Å². The van der Waals surface area contributed by atoms with Crippen LogP contribution in [0.2, 0.25) is 0 Å². The molecule has 3 amide bonds. The van der Waals surface area contributed by atoms with E-state index in [9.17, 15) is 9.59 Å². The van der Waals surface area contributed by atoms with Crippen LogP contribution in [0.25, 0.3) is 11.1 Å². The van der Waals surface area contributed by atoms with Gasteiger partial charge in [0.2, 0.25) is 0 Å². The molecule has 120 valence electrons. The fourth-order valence-corrected chi connectivity index (χ4v) is 3.65. The molecule has 1 aliphatic heterocycles. The zero-order chi connectivity index (χ0) is 16.0. The average Bonchev–Trinajstić information content (AvgIpc) is 3.15. The maximum atomic E-state index is 12.1. The number of benzene rings is 1. The molecule has 2 unspecified atom stereocenters. The second kappa shape index (κ2) is 4.97. The van der Waals surface area contributed by atoms with Gasteiger partial charge < -0.3 is 15.1 Å². The molecule has 2 heterocycles. The molecule has 0 bridgehead atoms. The number of nitrogens with zero attached hydrogens (tertiary/aromatic N) is 1. The molecule has 1 aromatic heterocycles. The Bertz CT molecular complexity index is 800. The zero-order valence-corrected chi connectivity index (χ0v) is 12.8. The predicted molar refractivity (Wildman–Crippen MR) is 84.0 cm³/mol. The van der Waals surface area contributed by atoms with Crippen LogP contribution in [0.4, 0.5) is 10.8 Å². The molecule has 2 aromatic rings. The van der Waals surface area contributed by atoms with Crippen LogP contribution in [0.15, 0.2) is 22.6 Å². The third kappa shape index (κ3) is 2.23. The smallest absolute Gasteiger partial charge is 0.322 e. The summed E-state index contributed by atoms with van der Waals surface area (Å²) >= 11 is 0. The molecule has 7 nitrogen and oxygen atoms in total. The lowest BCUT2D eigenvalue weighted by atomic mass is 9.87. The minimum atomic E-state index is -0.785. The Morgan fingerprint density at radius 2 is 2.30 bits per heavy atom. The summed E-state index contributed by atoms with van der Waals surface area (Å²) in [7, 11) is 0. The predicted octanol–water partition coefficient (Wildman–Crippen LogP) is 1.93. The second-order valence-electron chi connectivity index (χ2n) is 6.34. The van der Waals surface area contributed by atoms with E-state index in [1.807, 2.05) is 25.1 Å². The summed E-state index contributed by atoms with van der Waals surface area (Å²) in [4.78, 5) is 28.1. The van der Waals surface area contributed by atoms with Gasteiger partial charge in [-0.1, -0.05) is 12.5 Å². The van der Waals surface area contributed by atoms with E-state index in [4.69, 9.17) is 4.42 Å². The van der Waals surface area contributed by atoms with Gasteiger partial charge in [0.15, 0.2) is 5.58 Å². The molecule has 2 atom stereocenters. The number of amides is 3. The Morgan fingerprint density at radius 1 is 1.43 bits per heavy atom. The van der Waals surface area contributed by atoms with E-state index in [1.165, 1.54) is 0 Å². The lowest BCUT2D eigenvalue weighted by molar-refractivity contribution is -0.125. The number of oxazole rings is 1. The largest absolute Gasteiger partial charge is 0.424 e. The minimum Gasteiger partial charge on any atom is -0.424 e. The van der Waals surface area contributed by atoms with Crippen LogP contribution in [-0.2, 0) is 4.79 Å². The number of aryl methyl sites for hydroxylation is 1. The standard InChI is InChI=1S/C16H18N4O3/c1-9-4-5-12-11(7-9)18-15(23-12)17-8-10-3-2-6-16(10)13(21)19-14(22)20-16/h4-5,7,10H,2-3,6,8H2,1H3,(H,17,18)(H2,19,20,21,22). The number of nitrogens with one attached hydrogen (secondary N) is 3. The lowest BCUT2D eigenvalue weighted by Crippen LogP contribution is -2.51. The highest BCUT2D eigenvalue weighted by molar-refractivity contribution is 6.07. The Balaban J connectivity index is 1.51. The number of fused-ring (bicyclic) bond motifs is 1. The van der Waals surface area contributed by atoms with E-state index >= 15 is 0 Å². The highest BCUT2D eigenvalue weighted by atomic mass is 16.4. The lowest BCUT2D eigenvalue weighted by Gasteiger charge is -2.27. The van der Waals surface area contributed by atoms with Crippen LogP contribution < -0.4 is 16.0 Å². The molecule has 1 aromatic carbocycles. The van der Waals surface area contributed by atoms with Crippen LogP contribution in [-0.4, -0.2) is 29.0 Å². The molecule has 1 saturated carbocycles. The molecule has 1 aliphatic carbocycles. The molecule has 7 heteroatoms. The summed E-state index contributed by atoms with van der Waals surface area (Å²) in [5.74, 6) is -0.203. The molecular formula is C16H18N4O3. The van der Waals surface area contributed by atoms with E-state index in [2.05, 4.69) is 20.9 Å². The molecule has 0 radical (unpaired) electrons. The van der Waals surface area contributed by atoms with Gasteiger partial charge in [0.1, 0.15) is 11.1 Å². The molecule has 2 fully saturated rings. The summed E-state index contributed by atoms with van der Waals surface area (Å²) in [6.45, 7) is 2.53. The first-order valence-corrected chi connectivity index (χ1v) is 7.81. The first-order chi connectivity index (χ1) is 11.1. The fourth-order valence-electron chi connectivity index (χ4n) is 3.65. The summed E-state index contributed by atoms with van der Waals surface area (Å²) in [5, 5.41) is 8.33. The van der Waals surface area contributed by atoms with Gasteiger partial charge in [0.05, 0.1) is 0 Å². The molecular weight excluding hydrogens is 296 g/mol. The van der Waals surface area contributed by atoms with Gasteiger partial charge in [-0.3, -0.25) is 10.1 Å². The number of carbonyl (C=O) groups is 2. The number of rotatable bonds is 3. The highest BCUT2D eigenvalue weighted by Crippen LogP contribution is 2.38. The van der Waals surface area contributed by atoms with Crippen LogP contribution in [0.5, 0.6) is 0 Å². The van der Waals surface area contributed by atoms with Crippen LogP contribution in [0.3, 0.4) is 0 Å². The zero-order valence-electron chi connectivity index (χ0n) is 12.8. The number of hydrogen-bond acceptors (Lipinski definition) is 5. The molecule has 2 aliphatic rings. The van der Waals surface area contributed by atoms with Crippen molar-refractivity contribution in [1.29, 1.82) is 0 Å². The Kier molecular flexibility index (Phi) is 3.04. The van der Waals surface area contributed by atoms with Crippen molar-refractivity contribution in [2.24, 2.45) is 5.92 Å². The van der Waals surface area contributed by atoms with Crippen LogP contribution in [0.1, 0.15) is 24.8 Å². The number of aromatic nitrogens is 1. The van der Waals surface area contributed by atoms with Crippen molar-refractivity contribution in [2.45, 2.75) is 31.7 Å². The van der Waals surface area contributed by atoms with Gasteiger partial charge in [-0.25, -0.2) is 4.79 Å². The molecule has 3 N–H and O–H groups in total. The van der Waals surface area contributed by atoms with E-state index in [0.717, 1.165) is 29.5 Å². The highest BCUT2D eigenvalue weighted by Gasteiger charge is 2.54. The summed E-state index contributed by atoms with van der Waals surface area (Å²) in [6, 6.07) is 5.87. The van der Waals surface area contributed by atoms with Crippen molar-refractivity contribution < 1.29 is 14.0 Å². The quantitative estimate of drug-likeness (QED) is 0.752. The van der Waals surface area contributed by atoms with Crippen molar-refractivity contribution in [3.63, 3.8) is 0 Å². The number of imide groups is 1. The number of urea groups is 1. The first kappa shape index (κ1) is 14.0. The van der Waals surface area contributed by atoms with Gasteiger partial charge in [-0.05, 0) is 37.5 Å². The second-order valence-corrected chi connectivity index (χ2v) is 6.34. The van der Waals surface area contributed by atoms with E-state index in [0.29, 0.717) is 19.0 Å². The van der Waals surface area contributed by atoms with Gasteiger partial charge in [0.25, 0.3) is 11.9 Å². The van der Waals surface area contributed by atoms with Crippen LogP contribution >= 0.6 is 0 Å². The van der Waals surface area contributed by atoms with Gasteiger partial charge in [-0.15, -0.1) is 0 Å². The Hall–Kier alpha value is -2.57. The van der Waals surface area contributed by atoms with Gasteiger partial charge in [0, 0.05) is 12.5 Å². The van der Waals surface area contributed by atoms with Crippen molar-refractivity contribution in [2.75, 3.05) is 11.9 Å². The fraction of sp³-hybridized carbons (Fsp3) is 0.438.